The zero-order chi connectivity index (χ0) is 18.7. The zero-order valence-corrected chi connectivity index (χ0v) is 15.3. The zero-order valence-electron chi connectivity index (χ0n) is 15.3. The highest BCUT2D eigenvalue weighted by Gasteiger charge is 2.34. The van der Waals surface area contributed by atoms with Crippen molar-refractivity contribution in [1.82, 2.24) is 0 Å². The summed E-state index contributed by atoms with van der Waals surface area (Å²) in [5.41, 5.74) is 6.32. The first-order valence-corrected chi connectivity index (χ1v) is 9.65. The SMILES string of the molecule is Oc1cccc2c1c1c(c3ccccc32)-c2ccccc2C1c1ccccc1. The van der Waals surface area contributed by atoms with Gasteiger partial charge in [0.15, 0.2) is 0 Å². The van der Waals surface area contributed by atoms with Gasteiger partial charge in [-0.15, -0.1) is 0 Å². The third-order valence-electron chi connectivity index (χ3n) is 6.03. The first-order chi connectivity index (χ1) is 13.8. The lowest BCUT2D eigenvalue weighted by atomic mass is 9.84. The normalized spacial score (nSPS) is 14.9. The molecule has 0 fully saturated rings. The number of rotatable bonds is 1. The molecule has 1 nitrogen and oxygen atoms in total. The molecule has 1 unspecified atom stereocenters. The van der Waals surface area contributed by atoms with Crippen LogP contribution < -0.4 is 0 Å². The van der Waals surface area contributed by atoms with Crippen LogP contribution >= 0.6 is 0 Å². The number of benzene rings is 5. The summed E-state index contributed by atoms with van der Waals surface area (Å²) in [4.78, 5) is 0. The van der Waals surface area contributed by atoms with Crippen LogP contribution in [0.2, 0.25) is 0 Å². The lowest BCUT2D eigenvalue weighted by molar-refractivity contribution is 0.481. The lowest BCUT2D eigenvalue weighted by Gasteiger charge is -2.18. The molecule has 132 valence electrons. The van der Waals surface area contributed by atoms with Crippen LogP contribution in [0, 0.1) is 0 Å². The number of fused-ring (bicyclic) bond motifs is 8. The summed E-state index contributed by atoms with van der Waals surface area (Å²) in [7, 11) is 0. The Kier molecular flexibility index (Phi) is 3.15. The smallest absolute Gasteiger partial charge is 0.123 e. The van der Waals surface area contributed by atoms with Crippen molar-refractivity contribution in [2.45, 2.75) is 5.92 Å². The molecule has 28 heavy (non-hydrogen) atoms. The first-order valence-electron chi connectivity index (χ1n) is 9.65. The van der Waals surface area contributed by atoms with E-state index < -0.39 is 0 Å². The van der Waals surface area contributed by atoms with E-state index >= 15 is 0 Å². The van der Waals surface area contributed by atoms with E-state index in [0.717, 1.165) is 10.8 Å². The van der Waals surface area contributed by atoms with Crippen LogP contribution in [-0.2, 0) is 0 Å². The Hall–Kier alpha value is -3.58. The van der Waals surface area contributed by atoms with Gasteiger partial charge in [0.25, 0.3) is 0 Å². The lowest BCUT2D eigenvalue weighted by Crippen LogP contribution is -2.00. The Morgan fingerprint density at radius 3 is 2.11 bits per heavy atom. The Bertz CT molecular complexity index is 1370. The van der Waals surface area contributed by atoms with E-state index in [-0.39, 0.29) is 5.92 Å². The van der Waals surface area contributed by atoms with Gasteiger partial charge < -0.3 is 5.11 Å². The van der Waals surface area contributed by atoms with Gasteiger partial charge >= 0.3 is 0 Å². The van der Waals surface area contributed by atoms with E-state index in [2.05, 4.69) is 84.9 Å². The fourth-order valence-electron chi connectivity index (χ4n) is 4.96. The molecule has 5 aromatic rings. The minimum absolute atomic E-state index is 0.118. The summed E-state index contributed by atoms with van der Waals surface area (Å²) in [6.45, 7) is 0. The predicted molar refractivity (Wildman–Crippen MR) is 116 cm³/mol. The molecule has 1 N–H and O–H groups in total. The van der Waals surface area contributed by atoms with Crippen molar-refractivity contribution in [2.24, 2.45) is 0 Å². The van der Waals surface area contributed by atoms with Crippen molar-refractivity contribution in [3.63, 3.8) is 0 Å². The molecule has 0 aliphatic heterocycles. The molecule has 5 aromatic carbocycles. The average Bonchev–Trinajstić information content (AvgIpc) is 3.10. The van der Waals surface area contributed by atoms with E-state index in [1.165, 1.54) is 38.6 Å². The van der Waals surface area contributed by atoms with Gasteiger partial charge in [0.05, 0.1) is 0 Å². The molecular weight excluding hydrogens is 340 g/mol. The van der Waals surface area contributed by atoms with Crippen LogP contribution in [0.5, 0.6) is 5.75 Å². The molecule has 0 saturated heterocycles. The van der Waals surface area contributed by atoms with Crippen LogP contribution in [0.15, 0.2) is 97.1 Å². The molecule has 0 aromatic heterocycles. The Balaban J connectivity index is 1.89. The molecule has 0 bridgehead atoms. The van der Waals surface area contributed by atoms with Gasteiger partial charge in [0.2, 0.25) is 0 Å². The molecule has 0 spiro atoms. The van der Waals surface area contributed by atoms with Gasteiger partial charge in [-0.1, -0.05) is 91.0 Å². The van der Waals surface area contributed by atoms with Crippen LogP contribution in [0.3, 0.4) is 0 Å². The number of hydrogen-bond acceptors (Lipinski definition) is 1. The van der Waals surface area contributed by atoms with E-state index in [1.54, 1.807) is 0 Å². The molecule has 1 heteroatoms. The predicted octanol–water partition coefficient (Wildman–Crippen LogP) is 6.86. The second-order valence-electron chi connectivity index (χ2n) is 7.46. The van der Waals surface area contributed by atoms with Crippen molar-refractivity contribution in [2.75, 3.05) is 0 Å². The number of phenolic OH excluding ortho intramolecular Hbond substituents is 1. The molecular formula is C27H18O. The molecule has 1 atom stereocenters. The fourth-order valence-corrected chi connectivity index (χ4v) is 4.96. The van der Waals surface area contributed by atoms with E-state index in [0.29, 0.717) is 5.75 Å². The van der Waals surface area contributed by atoms with Crippen molar-refractivity contribution in [3.05, 3.63) is 114 Å². The van der Waals surface area contributed by atoms with Crippen LogP contribution in [-0.4, -0.2) is 5.11 Å². The summed E-state index contributed by atoms with van der Waals surface area (Å²) >= 11 is 0. The van der Waals surface area contributed by atoms with E-state index in [1.807, 2.05) is 12.1 Å². The molecule has 0 amide bonds. The molecule has 0 radical (unpaired) electrons. The summed E-state index contributed by atoms with van der Waals surface area (Å²) < 4.78 is 0. The molecule has 1 aliphatic rings. The number of aromatic hydroxyl groups is 1. The fraction of sp³-hybridized carbons (Fsp3) is 0.0370. The van der Waals surface area contributed by atoms with Crippen molar-refractivity contribution in [3.8, 4) is 16.9 Å². The van der Waals surface area contributed by atoms with Gasteiger partial charge in [0.1, 0.15) is 5.75 Å². The topological polar surface area (TPSA) is 20.2 Å². The van der Waals surface area contributed by atoms with Gasteiger partial charge in [-0.3, -0.25) is 0 Å². The maximum atomic E-state index is 10.9. The first kappa shape index (κ1) is 15.5. The maximum absolute atomic E-state index is 10.9. The summed E-state index contributed by atoms with van der Waals surface area (Å²) in [6.07, 6.45) is 0. The number of hydrogen-bond donors (Lipinski definition) is 1. The molecule has 1 aliphatic carbocycles. The number of phenols is 1. The minimum Gasteiger partial charge on any atom is -0.507 e. The van der Waals surface area contributed by atoms with Crippen LogP contribution in [0.1, 0.15) is 22.6 Å². The van der Waals surface area contributed by atoms with E-state index in [4.69, 9.17) is 0 Å². The van der Waals surface area contributed by atoms with Crippen LogP contribution in [0.25, 0.3) is 32.7 Å². The van der Waals surface area contributed by atoms with Crippen LogP contribution in [0.4, 0.5) is 0 Å². The summed E-state index contributed by atoms with van der Waals surface area (Å²) in [5.74, 6) is 0.473. The Morgan fingerprint density at radius 2 is 1.25 bits per heavy atom. The Morgan fingerprint density at radius 1 is 0.571 bits per heavy atom. The van der Waals surface area contributed by atoms with Gasteiger partial charge in [-0.25, -0.2) is 0 Å². The molecule has 6 rings (SSSR count). The highest BCUT2D eigenvalue weighted by atomic mass is 16.3. The third kappa shape index (κ3) is 1.96. The molecule has 0 saturated carbocycles. The summed E-state index contributed by atoms with van der Waals surface area (Å²) in [5, 5.41) is 15.5. The second-order valence-corrected chi connectivity index (χ2v) is 7.46. The summed E-state index contributed by atoms with van der Waals surface area (Å²) in [6, 6.07) is 33.7. The third-order valence-corrected chi connectivity index (χ3v) is 6.03. The minimum atomic E-state index is 0.118. The quantitative estimate of drug-likeness (QED) is 0.318. The maximum Gasteiger partial charge on any atom is 0.123 e. The molecule has 0 heterocycles. The van der Waals surface area contributed by atoms with Crippen molar-refractivity contribution in [1.29, 1.82) is 0 Å². The van der Waals surface area contributed by atoms with E-state index in [9.17, 15) is 5.11 Å². The van der Waals surface area contributed by atoms with Crippen molar-refractivity contribution < 1.29 is 5.11 Å². The van der Waals surface area contributed by atoms with Gasteiger partial charge in [-0.2, -0.15) is 0 Å². The Labute approximate surface area is 163 Å². The van der Waals surface area contributed by atoms with Crippen molar-refractivity contribution >= 4 is 21.5 Å². The largest absolute Gasteiger partial charge is 0.507 e. The standard InChI is InChI=1S/C27H18O/c28-23-16-8-15-20-18-11-4-5-12-19(18)25-22-14-7-6-13-21(22)24(27(25)26(20)23)17-9-2-1-3-10-17/h1-16,24,28H. The van der Waals surface area contributed by atoms with Gasteiger partial charge in [0, 0.05) is 11.3 Å². The second kappa shape index (κ2) is 5.71. The highest BCUT2D eigenvalue weighted by molar-refractivity contribution is 6.19. The highest BCUT2D eigenvalue weighted by Crippen LogP contribution is 2.55. The van der Waals surface area contributed by atoms with Gasteiger partial charge in [-0.05, 0) is 50.0 Å². The average molecular weight is 358 g/mol. The monoisotopic (exact) mass is 358 g/mol.